The zero-order chi connectivity index (χ0) is 13.0. The van der Waals surface area contributed by atoms with E-state index < -0.39 is 7.12 Å². The molecule has 0 fully saturated rings. The van der Waals surface area contributed by atoms with Crippen LogP contribution in [0.5, 0.6) is 0 Å². The lowest BCUT2D eigenvalue weighted by atomic mass is 9.80. The number of benzene rings is 1. The minimum Gasteiger partial charge on any atom is -0.423 e. The molecule has 3 nitrogen and oxygen atoms in total. The molecule has 4 heteroatoms. The maximum Gasteiger partial charge on any atom is 0.488 e. The summed E-state index contributed by atoms with van der Waals surface area (Å²) in [7, 11) is -1.50. The first-order chi connectivity index (χ1) is 8.66. The SMILES string of the molecule is O=C(/C=C/C1C=CC=C1)c1ccc(B(O)O)cc1. The van der Waals surface area contributed by atoms with Crippen molar-refractivity contribution in [3.8, 4) is 0 Å². The Hall–Kier alpha value is -1.91. The lowest BCUT2D eigenvalue weighted by Crippen LogP contribution is -2.29. The fraction of sp³-hybridized carbons (Fsp3) is 0.0714. The van der Waals surface area contributed by atoms with Crippen molar-refractivity contribution in [2.75, 3.05) is 0 Å². The Morgan fingerprint density at radius 3 is 2.28 bits per heavy atom. The first kappa shape index (κ1) is 12.5. The summed E-state index contributed by atoms with van der Waals surface area (Å²) in [4.78, 5) is 11.8. The van der Waals surface area contributed by atoms with Crippen LogP contribution in [0, 0.1) is 5.92 Å². The van der Waals surface area contributed by atoms with Gasteiger partial charge >= 0.3 is 7.12 Å². The highest BCUT2D eigenvalue weighted by Gasteiger charge is 2.11. The van der Waals surface area contributed by atoms with Crippen LogP contribution in [0.4, 0.5) is 0 Å². The molecule has 1 aromatic carbocycles. The number of ketones is 1. The molecule has 0 saturated carbocycles. The Kier molecular flexibility index (Phi) is 3.92. The molecule has 2 N–H and O–H groups in total. The molecule has 0 atom stereocenters. The average molecular weight is 240 g/mol. The maximum absolute atomic E-state index is 11.8. The summed E-state index contributed by atoms with van der Waals surface area (Å²) in [5, 5.41) is 17.9. The molecule has 1 aliphatic carbocycles. The highest BCUT2D eigenvalue weighted by molar-refractivity contribution is 6.58. The van der Waals surface area contributed by atoms with Crippen LogP contribution in [-0.2, 0) is 0 Å². The minimum absolute atomic E-state index is 0.0947. The summed E-state index contributed by atoms with van der Waals surface area (Å²) in [5.41, 5.74) is 0.902. The van der Waals surface area contributed by atoms with Crippen molar-refractivity contribution in [2.45, 2.75) is 0 Å². The van der Waals surface area contributed by atoms with Crippen molar-refractivity contribution in [3.05, 3.63) is 66.3 Å². The van der Waals surface area contributed by atoms with E-state index in [4.69, 9.17) is 10.0 Å². The van der Waals surface area contributed by atoms with Gasteiger partial charge in [-0.3, -0.25) is 4.79 Å². The van der Waals surface area contributed by atoms with Crippen LogP contribution < -0.4 is 5.46 Å². The van der Waals surface area contributed by atoms with Gasteiger partial charge in [0.25, 0.3) is 0 Å². The number of hydrogen-bond acceptors (Lipinski definition) is 3. The smallest absolute Gasteiger partial charge is 0.423 e. The third-order valence-electron chi connectivity index (χ3n) is 2.74. The van der Waals surface area contributed by atoms with Gasteiger partial charge in [0.2, 0.25) is 0 Å². The van der Waals surface area contributed by atoms with Crippen LogP contribution in [0.25, 0.3) is 0 Å². The zero-order valence-electron chi connectivity index (χ0n) is 9.73. The molecule has 0 aliphatic heterocycles. The van der Waals surface area contributed by atoms with E-state index in [9.17, 15) is 4.79 Å². The first-order valence-electron chi connectivity index (χ1n) is 5.70. The van der Waals surface area contributed by atoms with Crippen LogP contribution in [0.1, 0.15) is 10.4 Å². The normalized spacial score (nSPS) is 14.6. The van der Waals surface area contributed by atoms with Crippen LogP contribution in [-0.4, -0.2) is 22.9 Å². The van der Waals surface area contributed by atoms with E-state index in [0.29, 0.717) is 11.0 Å². The molecule has 2 rings (SSSR count). The monoisotopic (exact) mass is 240 g/mol. The second-order valence-electron chi connectivity index (χ2n) is 4.07. The van der Waals surface area contributed by atoms with E-state index >= 15 is 0 Å². The van der Waals surface area contributed by atoms with Gasteiger partial charge < -0.3 is 10.0 Å². The van der Waals surface area contributed by atoms with Crippen molar-refractivity contribution in [3.63, 3.8) is 0 Å². The minimum atomic E-state index is -1.50. The summed E-state index contributed by atoms with van der Waals surface area (Å²) >= 11 is 0. The van der Waals surface area contributed by atoms with Crippen molar-refractivity contribution >= 4 is 18.4 Å². The number of carbonyl (C=O) groups excluding carboxylic acids is 1. The number of carbonyl (C=O) groups is 1. The highest BCUT2D eigenvalue weighted by Crippen LogP contribution is 2.11. The molecule has 0 heterocycles. The predicted octanol–water partition coefficient (Wildman–Crippen LogP) is 0.847. The van der Waals surface area contributed by atoms with Crippen molar-refractivity contribution in [2.24, 2.45) is 5.92 Å². The van der Waals surface area contributed by atoms with Gasteiger partial charge in [0.05, 0.1) is 0 Å². The fourth-order valence-electron chi connectivity index (χ4n) is 1.69. The maximum atomic E-state index is 11.8. The molecule has 0 radical (unpaired) electrons. The molecule has 1 aromatic rings. The molecule has 0 aromatic heterocycles. The van der Waals surface area contributed by atoms with E-state index in [0.717, 1.165) is 0 Å². The van der Waals surface area contributed by atoms with E-state index in [1.807, 2.05) is 30.4 Å². The molecular weight excluding hydrogens is 227 g/mol. The van der Waals surface area contributed by atoms with Gasteiger partial charge in [0.15, 0.2) is 5.78 Å². The second kappa shape index (κ2) is 5.62. The van der Waals surface area contributed by atoms with Crippen LogP contribution in [0.3, 0.4) is 0 Å². The summed E-state index contributed by atoms with van der Waals surface area (Å²) < 4.78 is 0. The highest BCUT2D eigenvalue weighted by atomic mass is 16.4. The molecule has 0 amide bonds. The number of hydrogen-bond donors (Lipinski definition) is 2. The Balaban J connectivity index is 2.04. The number of rotatable bonds is 4. The molecular formula is C14H13BO3. The van der Waals surface area contributed by atoms with Gasteiger partial charge in [-0.25, -0.2) is 0 Å². The molecule has 90 valence electrons. The van der Waals surface area contributed by atoms with Gasteiger partial charge in [-0.05, 0) is 11.5 Å². The summed E-state index contributed by atoms with van der Waals surface area (Å²) in [6, 6.07) is 6.23. The molecule has 1 aliphatic rings. The predicted molar refractivity (Wildman–Crippen MR) is 71.5 cm³/mol. The van der Waals surface area contributed by atoms with Crippen molar-refractivity contribution in [1.82, 2.24) is 0 Å². The van der Waals surface area contributed by atoms with Crippen molar-refractivity contribution in [1.29, 1.82) is 0 Å². The van der Waals surface area contributed by atoms with Gasteiger partial charge in [-0.1, -0.05) is 54.6 Å². The zero-order valence-corrected chi connectivity index (χ0v) is 9.73. The third-order valence-corrected chi connectivity index (χ3v) is 2.74. The van der Waals surface area contributed by atoms with Crippen LogP contribution >= 0.6 is 0 Å². The van der Waals surface area contributed by atoms with E-state index in [-0.39, 0.29) is 11.7 Å². The number of allylic oxidation sites excluding steroid dienone is 6. The molecule has 18 heavy (non-hydrogen) atoms. The van der Waals surface area contributed by atoms with Gasteiger partial charge in [0, 0.05) is 11.5 Å². The van der Waals surface area contributed by atoms with E-state index in [2.05, 4.69) is 0 Å². The summed E-state index contributed by atoms with van der Waals surface area (Å²) in [5.74, 6) is 0.0927. The molecule has 0 bridgehead atoms. The third kappa shape index (κ3) is 3.06. The lowest BCUT2D eigenvalue weighted by molar-refractivity contribution is 0.104. The van der Waals surface area contributed by atoms with Crippen LogP contribution in [0.15, 0.2) is 60.7 Å². The fourth-order valence-corrected chi connectivity index (χ4v) is 1.69. The first-order valence-corrected chi connectivity index (χ1v) is 5.70. The largest absolute Gasteiger partial charge is 0.488 e. The van der Waals surface area contributed by atoms with Crippen LogP contribution in [0.2, 0.25) is 0 Å². The Morgan fingerprint density at radius 1 is 1.11 bits per heavy atom. The quantitative estimate of drug-likeness (QED) is 0.466. The molecule has 0 unspecified atom stereocenters. The Bertz CT molecular complexity index is 500. The Morgan fingerprint density at radius 2 is 1.72 bits per heavy atom. The summed E-state index contributed by atoms with van der Waals surface area (Å²) in [6.45, 7) is 0. The standard InChI is InChI=1S/C14H13BO3/c16-14(10-5-11-3-1-2-4-11)12-6-8-13(9-7-12)15(17)18/h1-11,17-18H/b10-5+. The van der Waals surface area contributed by atoms with Crippen molar-refractivity contribution < 1.29 is 14.8 Å². The topological polar surface area (TPSA) is 57.5 Å². The molecule has 0 saturated heterocycles. The van der Waals surface area contributed by atoms with E-state index in [1.165, 1.54) is 18.2 Å². The summed E-state index contributed by atoms with van der Waals surface area (Å²) in [6.07, 6.45) is 11.2. The van der Waals surface area contributed by atoms with Gasteiger partial charge in [-0.2, -0.15) is 0 Å². The van der Waals surface area contributed by atoms with Gasteiger partial charge in [-0.15, -0.1) is 0 Å². The average Bonchev–Trinajstić information content (AvgIpc) is 2.89. The van der Waals surface area contributed by atoms with Gasteiger partial charge in [0.1, 0.15) is 0 Å². The Labute approximate surface area is 106 Å². The van der Waals surface area contributed by atoms with E-state index in [1.54, 1.807) is 12.1 Å². The molecule has 0 spiro atoms. The lowest BCUT2D eigenvalue weighted by Gasteiger charge is -2.01. The second-order valence-corrected chi connectivity index (χ2v) is 4.07.